The summed E-state index contributed by atoms with van der Waals surface area (Å²) in [6.45, 7) is 0.676. The summed E-state index contributed by atoms with van der Waals surface area (Å²) in [6.07, 6.45) is -2.62. The molecule has 0 fully saturated rings. The third-order valence-corrected chi connectivity index (χ3v) is 3.49. The van der Waals surface area contributed by atoms with Gasteiger partial charge in [-0.3, -0.25) is 4.79 Å². The van der Waals surface area contributed by atoms with Crippen LogP contribution < -0.4 is 0 Å². The number of benzene rings is 1. The van der Waals surface area contributed by atoms with Crippen LogP contribution in [-0.4, -0.2) is 42.0 Å². The van der Waals surface area contributed by atoms with Gasteiger partial charge in [0.1, 0.15) is 0 Å². The van der Waals surface area contributed by atoms with E-state index in [2.05, 4.69) is 15.9 Å². The van der Waals surface area contributed by atoms with Gasteiger partial charge in [0, 0.05) is 11.0 Å². The molecule has 1 N–H and O–H groups in total. The topological polar surface area (TPSA) is 40.5 Å². The molecule has 1 rings (SSSR count). The molecule has 0 spiro atoms. The van der Waals surface area contributed by atoms with Crippen LogP contribution in [0.5, 0.6) is 0 Å². The Morgan fingerprint density at radius 1 is 1.50 bits per heavy atom. The Bertz CT molecular complexity index is 427. The van der Waals surface area contributed by atoms with Crippen molar-refractivity contribution in [2.75, 3.05) is 19.7 Å². The molecule has 0 aliphatic carbocycles. The van der Waals surface area contributed by atoms with Gasteiger partial charge in [-0.15, -0.1) is 0 Å². The van der Waals surface area contributed by atoms with Gasteiger partial charge in [-0.2, -0.15) is 0 Å². The lowest BCUT2D eigenvalue weighted by Crippen LogP contribution is -2.37. The first kappa shape index (κ1) is 15.0. The summed E-state index contributed by atoms with van der Waals surface area (Å²) >= 11 is 3.27. The van der Waals surface area contributed by atoms with Crippen molar-refractivity contribution in [1.29, 1.82) is 0 Å². The summed E-state index contributed by atoms with van der Waals surface area (Å²) in [4.78, 5) is 13.0. The SMILES string of the molecule is Cc1cccc(C(=O)N(CCO)CC(F)F)c1Br. The highest BCUT2D eigenvalue weighted by molar-refractivity contribution is 9.10. The fraction of sp³-hybridized carbons (Fsp3) is 0.417. The van der Waals surface area contributed by atoms with Crippen LogP contribution in [0.1, 0.15) is 15.9 Å². The molecule has 0 saturated heterocycles. The molecule has 18 heavy (non-hydrogen) atoms. The molecule has 1 amide bonds. The third kappa shape index (κ3) is 3.74. The smallest absolute Gasteiger partial charge is 0.255 e. The predicted octanol–water partition coefficient (Wildman–Crippen LogP) is 2.46. The second kappa shape index (κ2) is 6.80. The van der Waals surface area contributed by atoms with E-state index in [1.807, 2.05) is 13.0 Å². The van der Waals surface area contributed by atoms with E-state index < -0.39 is 18.9 Å². The number of halogens is 3. The molecule has 1 aromatic carbocycles. The number of carbonyl (C=O) groups is 1. The first-order valence-electron chi connectivity index (χ1n) is 5.40. The van der Waals surface area contributed by atoms with Crippen molar-refractivity contribution >= 4 is 21.8 Å². The average molecular weight is 322 g/mol. The van der Waals surface area contributed by atoms with Crippen molar-refractivity contribution in [2.24, 2.45) is 0 Å². The van der Waals surface area contributed by atoms with Crippen LogP contribution in [0.25, 0.3) is 0 Å². The standard InChI is InChI=1S/C12H14BrF2NO2/c1-8-3-2-4-9(11(8)13)12(18)16(5-6-17)7-10(14)15/h2-4,10,17H,5-7H2,1H3. The lowest BCUT2D eigenvalue weighted by molar-refractivity contribution is 0.0508. The molecule has 100 valence electrons. The summed E-state index contributed by atoms with van der Waals surface area (Å²) in [5.41, 5.74) is 1.17. The highest BCUT2D eigenvalue weighted by atomic mass is 79.9. The molecule has 0 radical (unpaired) electrons. The number of aliphatic hydroxyl groups excluding tert-OH is 1. The molecule has 3 nitrogen and oxygen atoms in total. The summed E-state index contributed by atoms with van der Waals surface area (Å²) in [5, 5.41) is 8.82. The molecular formula is C12H14BrF2NO2. The Kier molecular flexibility index (Phi) is 5.68. The van der Waals surface area contributed by atoms with Crippen molar-refractivity contribution < 1.29 is 18.7 Å². The number of rotatable bonds is 5. The van der Waals surface area contributed by atoms with Crippen LogP contribution in [0.3, 0.4) is 0 Å². The second-order valence-electron chi connectivity index (χ2n) is 3.80. The number of hydrogen-bond donors (Lipinski definition) is 1. The van der Waals surface area contributed by atoms with E-state index >= 15 is 0 Å². The molecule has 0 aliphatic heterocycles. The van der Waals surface area contributed by atoms with Gasteiger partial charge in [0.15, 0.2) is 0 Å². The minimum absolute atomic E-state index is 0.108. The van der Waals surface area contributed by atoms with E-state index in [0.717, 1.165) is 10.5 Å². The van der Waals surface area contributed by atoms with Gasteiger partial charge in [0.05, 0.1) is 18.7 Å². The van der Waals surface area contributed by atoms with Gasteiger partial charge in [0.25, 0.3) is 12.3 Å². The number of aliphatic hydroxyl groups is 1. The monoisotopic (exact) mass is 321 g/mol. The number of carbonyl (C=O) groups excluding carboxylic acids is 1. The van der Waals surface area contributed by atoms with E-state index in [0.29, 0.717) is 10.0 Å². The average Bonchev–Trinajstić information content (AvgIpc) is 2.31. The molecule has 0 saturated carbocycles. The molecule has 0 aromatic heterocycles. The zero-order valence-electron chi connectivity index (χ0n) is 9.87. The van der Waals surface area contributed by atoms with Gasteiger partial charge in [-0.25, -0.2) is 8.78 Å². The van der Waals surface area contributed by atoms with Gasteiger partial charge in [-0.05, 0) is 34.5 Å². The van der Waals surface area contributed by atoms with Crippen molar-refractivity contribution in [1.82, 2.24) is 4.90 Å². The van der Waals surface area contributed by atoms with Crippen molar-refractivity contribution in [2.45, 2.75) is 13.3 Å². The van der Waals surface area contributed by atoms with Crippen LogP contribution in [0.15, 0.2) is 22.7 Å². The summed E-state index contributed by atoms with van der Waals surface area (Å²) in [5.74, 6) is -0.514. The van der Waals surface area contributed by atoms with E-state index in [1.165, 1.54) is 0 Å². The fourth-order valence-electron chi connectivity index (χ4n) is 1.55. The maximum atomic E-state index is 12.4. The van der Waals surface area contributed by atoms with Crippen LogP contribution in [0, 0.1) is 6.92 Å². The summed E-state index contributed by atoms with van der Waals surface area (Å²) < 4.78 is 25.3. The van der Waals surface area contributed by atoms with Crippen molar-refractivity contribution in [3.8, 4) is 0 Å². The maximum absolute atomic E-state index is 12.4. The highest BCUT2D eigenvalue weighted by Crippen LogP contribution is 2.22. The molecule has 0 aliphatic rings. The maximum Gasteiger partial charge on any atom is 0.255 e. The highest BCUT2D eigenvalue weighted by Gasteiger charge is 2.21. The Balaban J connectivity index is 2.98. The van der Waals surface area contributed by atoms with Crippen molar-refractivity contribution in [3.05, 3.63) is 33.8 Å². The predicted molar refractivity (Wildman–Crippen MR) is 67.9 cm³/mol. The zero-order valence-corrected chi connectivity index (χ0v) is 11.5. The minimum Gasteiger partial charge on any atom is -0.395 e. The molecular weight excluding hydrogens is 308 g/mol. The molecule has 0 unspecified atom stereocenters. The molecule has 1 aromatic rings. The van der Waals surface area contributed by atoms with Crippen LogP contribution >= 0.6 is 15.9 Å². The van der Waals surface area contributed by atoms with Crippen LogP contribution in [-0.2, 0) is 0 Å². The molecule has 0 heterocycles. The van der Waals surface area contributed by atoms with E-state index in [9.17, 15) is 13.6 Å². The quantitative estimate of drug-likeness (QED) is 0.905. The number of alkyl halides is 2. The Morgan fingerprint density at radius 2 is 2.17 bits per heavy atom. The van der Waals surface area contributed by atoms with Gasteiger partial charge in [-0.1, -0.05) is 12.1 Å². The second-order valence-corrected chi connectivity index (χ2v) is 4.60. The number of aryl methyl sites for hydroxylation is 1. The lowest BCUT2D eigenvalue weighted by atomic mass is 10.1. The Labute approximate surface area is 113 Å². The van der Waals surface area contributed by atoms with Gasteiger partial charge < -0.3 is 10.0 Å². The summed E-state index contributed by atoms with van der Waals surface area (Å²) in [7, 11) is 0. The largest absolute Gasteiger partial charge is 0.395 e. The third-order valence-electron chi connectivity index (χ3n) is 2.44. The number of nitrogens with zero attached hydrogens (tertiary/aromatic N) is 1. The number of amides is 1. The Hall–Kier alpha value is -1.01. The molecule has 0 bridgehead atoms. The lowest BCUT2D eigenvalue weighted by Gasteiger charge is -2.22. The van der Waals surface area contributed by atoms with E-state index in [-0.39, 0.29) is 13.2 Å². The molecule has 0 atom stereocenters. The minimum atomic E-state index is -2.62. The van der Waals surface area contributed by atoms with Crippen LogP contribution in [0.2, 0.25) is 0 Å². The zero-order chi connectivity index (χ0) is 13.7. The Morgan fingerprint density at radius 3 is 2.72 bits per heavy atom. The normalized spacial score (nSPS) is 10.8. The summed E-state index contributed by atoms with van der Waals surface area (Å²) in [6, 6.07) is 5.06. The number of hydrogen-bond acceptors (Lipinski definition) is 2. The van der Waals surface area contributed by atoms with E-state index in [1.54, 1.807) is 12.1 Å². The van der Waals surface area contributed by atoms with E-state index in [4.69, 9.17) is 5.11 Å². The van der Waals surface area contributed by atoms with Gasteiger partial charge >= 0.3 is 0 Å². The molecule has 6 heteroatoms. The first-order valence-corrected chi connectivity index (χ1v) is 6.20. The fourth-order valence-corrected chi connectivity index (χ4v) is 1.98. The van der Waals surface area contributed by atoms with Crippen LogP contribution in [0.4, 0.5) is 8.78 Å². The van der Waals surface area contributed by atoms with Crippen molar-refractivity contribution in [3.63, 3.8) is 0 Å². The first-order chi connectivity index (χ1) is 8.47. The van der Waals surface area contributed by atoms with Gasteiger partial charge in [0.2, 0.25) is 0 Å².